The van der Waals surface area contributed by atoms with E-state index in [-0.39, 0.29) is 18.8 Å². The van der Waals surface area contributed by atoms with Crippen LogP contribution in [0.25, 0.3) is 11.5 Å². The molecule has 8 nitrogen and oxygen atoms in total. The van der Waals surface area contributed by atoms with Crippen LogP contribution in [-0.4, -0.2) is 59.3 Å². The summed E-state index contributed by atoms with van der Waals surface area (Å²) in [6, 6.07) is 5.84. The van der Waals surface area contributed by atoms with E-state index >= 15 is 0 Å². The molecule has 1 amide bonds. The summed E-state index contributed by atoms with van der Waals surface area (Å²) in [6.45, 7) is 7.07. The van der Waals surface area contributed by atoms with Crippen LogP contribution in [0.15, 0.2) is 27.6 Å². The van der Waals surface area contributed by atoms with Gasteiger partial charge in [-0.15, -0.1) is 11.8 Å². The summed E-state index contributed by atoms with van der Waals surface area (Å²) in [7, 11) is 1.62. The monoisotopic (exact) mass is 435 g/mol. The molecule has 0 aliphatic carbocycles. The number of thioether (sulfide) groups is 1. The van der Waals surface area contributed by atoms with Gasteiger partial charge in [-0.3, -0.25) is 0 Å². The smallest absolute Gasteiger partial charge is 0.410 e. The van der Waals surface area contributed by atoms with Crippen molar-refractivity contribution >= 4 is 17.9 Å². The van der Waals surface area contributed by atoms with Crippen LogP contribution in [0.3, 0.4) is 0 Å². The predicted molar refractivity (Wildman–Crippen MR) is 114 cm³/mol. The molecule has 0 spiro atoms. The van der Waals surface area contributed by atoms with E-state index in [9.17, 15) is 4.79 Å². The van der Waals surface area contributed by atoms with Crippen molar-refractivity contribution in [3.8, 4) is 17.2 Å². The molecule has 1 saturated heterocycles. The molecule has 9 heteroatoms. The van der Waals surface area contributed by atoms with Crippen LogP contribution in [0.2, 0.25) is 0 Å². The molecule has 0 saturated carbocycles. The van der Waals surface area contributed by atoms with Gasteiger partial charge in [0, 0.05) is 18.0 Å². The molecule has 1 aliphatic rings. The number of rotatable bonds is 6. The van der Waals surface area contributed by atoms with Crippen molar-refractivity contribution in [2.75, 3.05) is 26.5 Å². The van der Waals surface area contributed by atoms with Gasteiger partial charge in [0.25, 0.3) is 5.89 Å². The minimum absolute atomic E-state index is 0.0426. The fourth-order valence-electron chi connectivity index (χ4n) is 3.12. The van der Waals surface area contributed by atoms with Crippen LogP contribution >= 0.6 is 11.8 Å². The molecule has 0 unspecified atom stereocenters. The molecule has 0 atom stereocenters. The summed E-state index contributed by atoms with van der Waals surface area (Å²) >= 11 is 1.64. The number of methoxy groups -OCH3 is 1. The maximum absolute atomic E-state index is 12.1. The SMILES string of the molecule is COc1cc(SC)ccc1-c1nc(COC2CCN(C(=O)OC(C)(C)C)CC2)no1. The summed E-state index contributed by atoms with van der Waals surface area (Å²) in [4.78, 5) is 19.4. The normalized spacial score (nSPS) is 15.3. The Kier molecular flexibility index (Phi) is 7.25. The highest BCUT2D eigenvalue weighted by Crippen LogP contribution is 2.32. The van der Waals surface area contributed by atoms with Crippen molar-refractivity contribution in [3.63, 3.8) is 0 Å². The minimum atomic E-state index is -0.487. The predicted octanol–water partition coefficient (Wildman–Crippen LogP) is 4.38. The first-order valence-corrected chi connectivity index (χ1v) is 11.2. The van der Waals surface area contributed by atoms with Gasteiger partial charge in [-0.05, 0) is 58.1 Å². The molecular formula is C21H29N3O5S. The Balaban J connectivity index is 1.52. The molecule has 30 heavy (non-hydrogen) atoms. The van der Waals surface area contributed by atoms with Crippen molar-refractivity contribution in [1.82, 2.24) is 15.0 Å². The number of aromatic nitrogens is 2. The van der Waals surface area contributed by atoms with Gasteiger partial charge in [0.2, 0.25) is 0 Å². The second-order valence-corrected chi connectivity index (χ2v) is 8.94. The van der Waals surface area contributed by atoms with E-state index in [1.807, 2.05) is 45.2 Å². The fourth-order valence-corrected chi connectivity index (χ4v) is 3.55. The zero-order valence-electron chi connectivity index (χ0n) is 18.1. The Labute approximate surface area is 181 Å². The van der Waals surface area contributed by atoms with Crippen LogP contribution in [0, 0.1) is 0 Å². The van der Waals surface area contributed by atoms with Crippen molar-refractivity contribution < 1.29 is 23.5 Å². The molecule has 1 aromatic heterocycles. The number of piperidine rings is 1. The van der Waals surface area contributed by atoms with Gasteiger partial charge >= 0.3 is 6.09 Å². The molecule has 1 fully saturated rings. The lowest BCUT2D eigenvalue weighted by Crippen LogP contribution is -2.43. The highest BCUT2D eigenvalue weighted by atomic mass is 32.2. The summed E-state index contributed by atoms with van der Waals surface area (Å²) in [5.41, 5.74) is 0.263. The third kappa shape index (κ3) is 5.89. The third-order valence-electron chi connectivity index (χ3n) is 4.65. The summed E-state index contributed by atoms with van der Waals surface area (Å²) in [5.74, 6) is 1.57. The van der Waals surface area contributed by atoms with E-state index in [1.165, 1.54) is 0 Å². The molecule has 1 aliphatic heterocycles. The van der Waals surface area contributed by atoms with Gasteiger partial charge in [-0.1, -0.05) is 5.16 Å². The molecule has 2 heterocycles. The number of likely N-dealkylation sites (tertiary alicyclic amines) is 1. The Bertz CT molecular complexity index is 857. The lowest BCUT2D eigenvalue weighted by molar-refractivity contribution is -0.0190. The Morgan fingerprint density at radius 1 is 1.30 bits per heavy atom. The van der Waals surface area contributed by atoms with Crippen LogP contribution in [0.1, 0.15) is 39.4 Å². The van der Waals surface area contributed by atoms with E-state index in [1.54, 1.807) is 23.8 Å². The number of nitrogens with zero attached hydrogens (tertiary/aromatic N) is 3. The minimum Gasteiger partial charge on any atom is -0.496 e. The van der Waals surface area contributed by atoms with E-state index in [0.717, 1.165) is 23.3 Å². The Morgan fingerprint density at radius 3 is 2.67 bits per heavy atom. The first-order valence-electron chi connectivity index (χ1n) is 9.93. The van der Waals surface area contributed by atoms with E-state index < -0.39 is 5.60 Å². The molecule has 1 aromatic carbocycles. The number of amides is 1. The van der Waals surface area contributed by atoms with Gasteiger partial charge in [-0.25, -0.2) is 4.79 Å². The largest absolute Gasteiger partial charge is 0.496 e. The number of ether oxygens (including phenoxy) is 3. The summed E-state index contributed by atoms with van der Waals surface area (Å²) in [5, 5.41) is 4.02. The van der Waals surface area contributed by atoms with Crippen LogP contribution in [0.4, 0.5) is 4.79 Å². The number of carbonyl (C=O) groups is 1. The van der Waals surface area contributed by atoms with E-state index in [2.05, 4.69) is 10.1 Å². The van der Waals surface area contributed by atoms with Gasteiger partial charge < -0.3 is 23.6 Å². The molecule has 0 bridgehead atoms. The van der Waals surface area contributed by atoms with Crippen LogP contribution < -0.4 is 4.74 Å². The lowest BCUT2D eigenvalue weighted by atomic mass is 10.1. The zero-order valence-corrected chi connectivity index (χ0v) is 19.0. The zero-order chi connectivity index (χ0) is 21.7. The quantitative estimate of drug-likeness (QED) is 0.618. The van der Waals surface area contributed by atoms with E-state index in [4.69, 9.17) is 18.7 Å². The molecule has 164 valence electrons. The van der Waals surface area contributed by atoms with Crippen molar-refractivity contribution in [2.24, 2.45) is 0 Å². The highest BCUT2D eigenvalue weighted by Gasteiger charge is 2.27. The number of hydrogen-bond acceptors (Lipinski definition) is 8. The van der Waals surface area contributed by atoms with E-state index in [0.29, 0.717) is 30.6 Å². The maximum Gasteiger partial charge on any atom is 0.410 e. The second kappa shape index (κ2) is 9.70. The van der Waals surface area contributed by atoms with Crippen molar-refractivity contribution in [1.29, 1.82) is 0 Å². The molecular weight excluding hydrogens is 406 g/mol. The third-order valence-corrected chi connectivity index (χ3v) is 5.37. The van der Waals surface area contributed by atoms with Crippen LogP contribution in [-0.2, 0) is 16.1 Å². The number of carbonyl (C=O) groups excluding carboxylic acids is 1. The van der Waals surface area contributed by atoms with Gasteiger partial charge in [0.15, 0.2) is 5.82 Å². The molecule has 2 aromatic rings. The van der Waals surface area contributed by atoms with Gasteiger partial charge in [0.1, 0.15) is 18.0 Å². The van der Waals surface area contributed by atoms with Gasteiger partial charge in [0.05, 0.1) is 18.8 Å². The molecule has 3 rings (SSSR count). The first-order chi connectivity index (χ1) is 14.3. The average molecular weight is 436 g/mol. The van der Waals surface area contributed by atoms with Crippen LogP contribution in [0.5, 0.6) is 5.75 Å². The second-order valence-electron chi connectivity index (χ2n) is 8.06. The lowest BCUT2D eigenvalue weighted by Gasteiger charge is -2.33. The fraction of sp³-hybridized carbons (Fsp3) is 0.571. The van der Waals surface area contributed by atoms with Crippen molar-refractivity contribution in [2.45, 2.75) is 56.8 Å². The molecule has 0 radical (unpaired) electrons. The van der Waals surface area contributed by atoms with Gasteiger partial charge in [-0.2, -0.15) is 4.98 Å². The van der Waals surface area contributed by atoms with Crippen molar-refractivity contribution in [3.05, 3.63) is 24.0 Å². The highest BCUT2D eigenvalue weighted by molar-refractivity contribution is 7.98. The number of hydrogen-bond donors (Lipinski definition) is 0. The topological polar surface area (TPSA) is 86.9 Å². The first kappa shape index (κ1) is 22.4. The Hall–Kier alpha value is -2.26. The molecule has 0 N–H and O–H groups in total. The average Bonchev–Trinajstić information content (AvgIpc) is 3.19. The summed E-state index contributed by atoms with van der Waals surface area (Å²) in [6.07, 6.45) is 3.27. The maximum atomic E-state index is 12.1. The summed E-state index contributed by atoms with van der Waals surface area (Å²) < 4.78 is 22.2. The Morgan fingerprint density at radius 2 is 2.03 bits per heavy atom. The number of benzene rings is 1. The standard InChI is InChI=1S/C21H29N3O5S/c1-21(2,3)28-20(25)24-10-8-14(9-11-24)27-13-18-22-19(29-23-18)16-7-6-15(30-5)12-17(16)26-4/h6-7,12,14H,8-11,13H2,1-5H3.